The van der Waals surface area contributed by atoms with Crippen LogP contribution in [0.5, 0.6) is 0 Å². The number of nitrogens with two attached hydrogens (primary N) is 1. The molecule has 0 bridgehead atoms. The first-order chi connectivity index (χ1) is 8.72. The van der Waals surface area contributed by atoms with Gasteiger partial charge in [-0.3, -0.25) is 4.79 Å². The first-order valence-electron chi connectivity index (χ1n) is 6.95. The molecule has 1 aliphatic rings. The van der Waals surface area contributed by atoms with E-state index in [2.05, 4.69) is 10.5 Å². The van der Waals surface area contributed by atoms with E-state index in [1.54, 1.807) is 0 Å². The Morgan fingerprint density at radius 1 is 1.28 bits per heavy atom. The van der Waals surface area contributed by atoms with Gasteiger partial charge in [0.2, 0.25) is 5.91 Å². The zero-order valence-corrected chi connectivity index (χ0v) is 11.0. The molecule has 0 aromatic rings. The summed E-state index contributed by atoms with van der Waals surface area (Å²) in [4.78, 5) is 11.6. The highest BCUT2D eigenvalue weighted by Crippen LogP contribution is 2.28. The second-order valence-electron chi connectivity index (χ2n) is 5.09. The van der Waals surface area contributed by atoms with E-state index in [0.29, 0.717) is 19.4 Å². The van der Waals surface area contributed by atoms with E-state index >= 15 is 0 Å². The van der Waals surface area contributed by atoms with Crippen LogP contribution in [0.4, 0.5) is 0 Å². The maximum atomic E-state index is 11.6. The highest BCUT2D eigenvalue weighted by atomic mass is 16.4. The van der Waals surface area contributed by atoms with Crippen LogP contribution in [0.15, 0.2) is 5.16 Å². The summed E-state index contributed by atoms with van der Waals surface area (Å²) in [6.07, 6.45) is 9.24. The second kappa shape index (κ2) is 8.78. The number of rotatable bonds is 8. The lowest BCUT2D eigenvalue weighted by Gasteiger charge is -2.09. The minimum Gasteiger partial charge on any atom is -0.409 e. The average Bonchev–Trinajstić information content (AvgIpc) is 2.88. The number of amides is 1. The quantitative estimate of drug-likeness (QED) is 0.204. The van der Waals surface area contributed by atoms with Crippen molar-refractivity contribution in [2.24, 2.45) is 16.8 Å². The smallest absolute Gasteiger partial charge is 0.220 e. The number of nitrogens with one attached hydrogen (secondary N) is 1. The lowest BCUT2D eigenvalue weighted by molar-refractivity contribution is -0.121. The molecule has 18 heavy (non-hydrogen) atoms. The number of hydrogen-bond acceptors (Lipinski definition) is 3. The second-order valence-corrected chi connectivity index (χ2v) is 5.09. The molecule has 0 saturated heterocycles. The Hall–Kier alpha value is -1.26. The van der Waals surface area contributed by atoms with Crippen LogP contribution in [0.1, 0.15) is 57.8 Å². The van der Waals surface area contributed by atoms with Crippen LogP contribution in [0.25, 0.3) is 0 Å². The Morgan fingerprint density at radius 3 is 2.67 bits per heavy atom. The molecule has 0 heterocycles. The normalized spacial score (nSPS) is 17.0. The van der Waals surface area contributed by atoms with Crippen molar-refractivity contribution in [2.75, 3.05) is 6.54 Å². The van der Waals surface area contributed by atoms with Gasteiger partial charge in [-0.1, -0.05) is 30.8 Å². The lowest BCUT2D eigenvalue weighted by Crippen LogP contribution is -2.24. The number of carbonyl (C=O) groups is 1. The number of oxime groups is 1. The lowest BCUT2D eigenvalue weighted by atomic mass is 10.0. The van der Waals surface area contributed by atoms with Crippen molar-refractivity contribution in [3.63, 3.8) is 0 Å². The van der Waals surface area contributed by atoms with Crippen molar-refractivity contribution < 1.29 is 10.0 Å². The number of amidine groups is 1. The van der Waals surface area contributed by atoms with Crippen molar-refractivity contribution in [1.29, 1.82) is 0 Å². The van der Waals surface area contributed by atoms with E-state index in [9.17, 15) is 4.79 Å². The third kappa shape index (κ3) is 6.47. The van der Waals surface area contributed by atoms with E-state index in [4.69, 9.17) is 10.9 Å². The molecular weight excluding hydrogens is 230 g/mol. The maximum Gasteiger partial charge on any atom is 0.220 e. The first-order valence-corrected chi connectivity index (χ1v) is 6.95. The standard InChI is InChI=1S/C13H25N3O2/c14-12(16-18)7-3-4-10-15-13(17)9-8-11-5-1-2-6-11/h11,18H,1-10H2,(H2,14,16)(H,15,17). The molecule has 0 spiro atoms. The largest absolute Gasteiger partial charge is 0.409 e. The molecule has 0 unspecified atom stereocenters. The van der Waals surface area contributed by atoms with Crippen LogP contribution in [-0.2, 0) is 4.79 Å². The van der Waals surface area contributed by atoms with E-state index in [1.165, 1.54) is 25.7 Å². The van der Waals surface area contributed by atoms with E-state index in [1.807, 2.05) is 0 Å². The molecule has 0 aromatic heterocycles. The summed E-state index contributed by atoms with van der Waals surface area (Å²) in [5, 5.41) is 14.2. The predicted molar refractivity (Wildman–Crippen MR) is 71.5 cm³/mol. The molecule has 1 fully saturated rings. The Bertz CT molecular complexity index is 273. The molecule has 4 N–H and O–H groups in total. The van der Waals surface area contributed by atoms with Crippen LogP contribution >= 0.6 is 0 Å². The Kier molecular flexibility index (Phi) is 7.22. The first kappa shape index (κ1) is 14.8. The fourth-order valence-corrected chi connectivity index (χ4v) is 2.43. The van der Waals surface area contributed by atoms with Crippen LogP contribution < -0.4 is 11.1 Å². The highest BCUT2D eigenvalue weighted by Gasteiger charge is 2.15. The van der Waals surface area contributed by atoms with E-state index in [-0.39, 0.29) is 11.7 Å². The zero-order valence-electron chi connectivity index (χ0n) is 11.0. The van der Waals surface area contributed by atoms with Gasteiger partial charge < -0.3 is 16.3 Å². The Morgan fingerprint density at radius 2 is 2.00 bits per heavy atom. The Labute approximate surface area is 109 Å². The van der Waals surface area contributed by atoms with Crippen LogP contribution in [0, 0.1) is 5.92 Å². The SMILES string of the molecule is NC(CCCCNC(=O)CCC1CCCC1)=NO. The molecule has 0 aliphatic heterocycles. The fourth-order valence-electron chi connectivity index (χ4n) is 2.43. The molecule has 5 heteroatoms. The van der Waals surface area contributed by atoms with Gasteiger partial charge in [-0.05, 0) is 25.2 Å². The average molecular weight is 255 g/mol. The zero-order chi connectivity index (χ0) is 13.2. The molecule has 104 valence electrons. The summed E-state index contributed by atoms with van der Waals surface area (Å²) < 4.78 is 0. The topological polar surface area (TPSA) is 87.7 Å². The van der Waals surface area contributed by atoms with Gasteiger partial charge in [0.25, 0.3) is 0 Å². The summed E-state index contributed by atoms with van der Waals surface area (Å²) in [5.41, 5.74) is 5.35. The predicted octanol–water partition coefficient (Wildman–Crippen LogP) is 1.99. The van der Waals surface area contributed by atoms with Gasteiger partial charge in [0.1, 0.15) is 5.84 Å². The van der Waals surface area contributed by atoms with Crippen LogP contribution in [0.3, 0.4) is 0 Å². The van der Waals surface area contributed by atoms with Crippen molar-refractivity contribution in [3.8, 4) is 0 Å². The van der Waals surface area contributed by atoms with Crippen molar-refractivity contribution in [2.45, 2.75) is 57.8 Å². The van der Waals surface area contributed by atoms with E-state index in [0.717, 1.165) is 25.2 Å². The third-order valence-electron chi connectivity index (χ3n) is 3.56. The van der Waals surface area contributed by atoms with Gasteiger partial charge in [-0.2, -0.15) is 0 Å². The molecule has 1 amide bonds. The fraction of sp³-hybridized carbons (Fsp3) is 0.846. The molecule has 0 radical (unpaired) electrons. The summed E-state index contributed by atoms with van der Waals surface area (Å²) in [7, 11) is 0. The maximum absolute atomic E-state index is 11.6. The number of nitrogens with zero attached hydrogens (tertiary/aromatic N) is 1. The summed E-state index contributed by atoms with van der Waals surface area (Å²) in [6, 6.07) is 0. The monoisotopic (exact) mass is 255 g/mol. The third-order valence-corrected chi connectivity index (χ3v) is 3.56. The minimum atomic E-state index is 0.158. The van der Waals surface area contributed by atoms with Gasteiger partial charge in [-0.25, -0.2) is 0 Å². The summed E-state index contributed by atoms with van der Waals surface area (Å²) >= 11 is 0. The van der Waals surface area contributed by atoms with Gasteiger partial charge >= 0.3 is 0 Å². The Balaban J connectivity index is 1.93. The van der Waals surface area contributed by atoms with Crippen molar-refractivity contribution in [3.05, 3.63) is 0 Å². The molecule has 1 aliphatic carbocycles. The molecule has 1 rings (SSSR count). The molecule has 1 saturated carbocycles. The molecule has 0 aromatic carbocycles. The van der Waals surface area contributed by atoms with E-state index < -0.39 is 0 Å². The highest BCUT2D eigenvalue weighted by molar-refractivity contribution is 5.79. The molecule has 5 nitrogen and oxygen atoms in total. The van der Waals surface area contributed by atoms with Gasteiger partial charge in [0.15, 0.2) is 0 Å². The summed E-state index contributed by atoms with van der Waals surface area (Å²) in [6.45, 7) is 0.683. The minimum absolute atomic E-state index is 0.158. The van der Waals surface area contributed by atoms with Crippen LogP contribution in [-0.4, -0.2) is 23.5 Å². The number of hydrogen-bond donors (Lipinski definition) is 3. The van der Waals surface area contributed by atoms with Gasteiger partial charge in [0.05, 0.1) is 0 Å². The number of unbranched alkanes of at least 4 members (excludes halogenated alkanes) is 1. The van der Waals surface area contributed by atoms with Crippen LogP contribution in [0.2, 0.25) is 0 Å². The van der Waals surface area contributed by atoms with Gasteiger partial charge in [0, 0.05) is 19.4 Å². The van der Waals surface area contributed by atoms with Crippen molar-refractivity contribution in [1.82, 2.24) is 5.32 Å². The number of carbonyl (C=O) groups excluding carboxylic acids is 1. The summed E-state index contributed by atoms with van der Waals surface area (Å²) in [5.74, 6) is 1.18. The molecule has 0 atom stereocenters. The van der Waals surface area contributed by atoms with Gasteiger partial charge in [-0.15, -0.1) is 0 Å². The molecular formula is C13H25N3O2. The van der Waals surface area contributed by atoms with Crippen molar-refractivity contribution >= 4 is 11.7 Å².